The highest BCUT2D eigenvalue weighted by atomic mass is 32.2. The molecule has 2 unspecified atom stereocenters. The van der Waals surface area contributed by atoms with Crippen LogP contribution in [0.2, 0.25) is 0 Å². The lowest BCUT2D eigenvalue weighted by atomic mass is 9.84. The predicted octanol–water partition coefficient (Wildman–Crippen LogP) is -5.62. The van der Waals surface area contributed by atoms with Crippen molar-refractivity contribution in [3.05, 3.63) is 43.2 Å². The molecule has 47 heavy (non-hydrogen) atoms. The van der Waals surface area contributed by atoms with E-state index in [-0.39, 0.29) is 17.9 Å². The Kier molecular flexibility index (Phi) is 11.7. The molecule has 18 nitrogen and oxygen atoms in total. The monoisotopic (exact) mass is 690 g/mol. The largest absolute Gasteiger partial charge is 0.394 e. The van der Waals surface area contributed by atoms with Gasteiger partial charge >= 0.3 is 0 Å². The van der Waals surface area contributed by atoms with Gasteiger partial charge in [-0.25, -0.2) is 0 Å². The van der Waals surface area contributed by atoms with Crippen molar-refractivity contribution >= 4 is 23.6 Å². The van der Waals surface area contributed by atoms with Gasteiger partial charge in [0.05, 0.1) is 12.3 Å². The van der Waals surface area contributed by atoms with Crippen molar-refractivity contribution in [2.75, 3.05) is 12.4 Å². The number of aryl methyl sites for hydroxylation is 1. The summed E-state index contributed by atoms with van der Waals surface area (Å²) in [7, 11) is 0. The average Bonchev–Trinajstić information content (AvgIpc) is 3.43. The minimum absolute atomic E-state index is 0.00702. The molecule has 4 rings (SSSR count). The lowest BCUT2D eigenvalue weighted by Gasteiger charge is -2.47. The number of rotatable bonds is 11. The number of nitrogens with zero attached hydrogens (tertiary/aromatic N) is 2. The standard InChI is InChI=1S/C28H42N4O14S/c1-5-15(34)29-12(7-47-8-13-10(3)27(44)32-26(43)9(2)11(4)31(13)32)25(42)30-16-18(36)17(35)14(6-33)45-28(16)46-24-22(40)20(38)19(37)21(39)23(24)41/h12,14,16-24,28,33,35-41H,5-8H2,1-4H3,(H,29,34)(H,30,42)/t12-,14-,16+,17+,18+,19?,20-,21+,22+,23+,24?,28-/m0/s1. The fourth-order valence-electron chi connectivity index (χ4n) is 5.71. The zero-order valence-corrected chi connectivity index (χ0v) is 26.9. The van der Waals surface area contributed by atoms with E-state index in [4.69, 9.17) is 9.47 Å². The van der Waals surface area contributed by atoms with E-state index in [1.54, 1.807) is 27.7 Å². The zero-order chi connectivity index (χ0) is 35.1. The van der Waals surface area contributed by atoms with Gasteiger partial charge in [0.1, 0.15) is 67.0 Å². The van der Waals surface area contributed by atoms with Gasteiger partial charge < -0.3 is 61.0 Å². The van der Waals surface area contributed by atoms with E-state index in [1.807, 2.05) is 0 Å². The number of aromatic nitrogens is 2. The van der Waals surface area contributed by atoms with E-state index >= 15 is 0 Å². The summed E-state index contributed by atoms with van der Waals surface area (Å²) in [6.07, 6.45) is -18.5. The summed E-state index contributed by atoms with van der Waals surface area (Å²) in [5.41, 5.74) is 0.916. The lowest BCUT2D eigenvalue weighted by molar-refractivity contribution is -0.319. The zero-order valence-electron chi connectivity index (χ0n) is 26.1. The maximum absolute atomic E-state index is 13.6. The molecule has 12 atom stereocenters. The Morgan fingerprint density at radius 3 is 2.02 bits per heavy atom. The van der Waals surface area contributed by atoms with Gasteiger partial charge in [-0.2, -0.15) is 16.3 Å². The summed E-state index contributed by atoms with van der Waals surface area (Å²) in [5.74, 6) is -1.30. The van der Waals surface area contributed by atoms with E-state index < -0.39 is 103 Å². The third-order valence-electron chi connectivity index (χ3n) is 8.83. The minimum Gasteiger partial charge on any atom is -0.394 e. The number of nitrogens with one attached hydrogen (secondary N) is 2. The van der Waals surface area contributed by atoms with Crippen LogP contribution in [0.5, 0.6) is 0 Å². The topological polar surface area (TPSA) is 281 Å². The fourth-order valence-corrected chi connectivity index (χ4v) is 6.83. The second-order valence-corrected chi connectivity index (χ2v) is 12.8. The molecule has 0 radical (unpaired) electrons. The van der Waals surface area contributed by atoms with Crippen LogP contribution in [-0.4, -0.2) is 147 Å². The quantitative estimate of drug-likeness (QED) is 0.105. The summed E-state index contributed by atoms with van der Waals surface area (Å²) in [6, 6.07) is -2.91. The lowest BCUT2D eigenvalue weighted by Crippen LogP contribution is -2.69. The van der Waals surface area contributed by atoms with Crippen LogP contribution in [0, 0.1) is 20.8 Å². The smallest absolute Gasteiger partial charge is 0.277 e. The van der Waals surface area contributed by atoms with E-state index in [1.165, 1.54) is 4.52 Å². The number of aliphatic hydroxyl groups is 8. The molecule has 3 heterocycles. The van der Waals surface area contributed by atoms with Crippen molar-refractivity contribution in [1.82, 2.24) is 19.7 Å². The number of hydrogen-bond donors (Lipinski definition) is 10. The van der Waals surface area contributed by atoms with Crippen LogP contribution in [0.15, 0.2) is 9.59 Å². The number of hydrogen-bond acceptors (Lipinski definition) is 15. The Morgan fingerprint density at radius 1 is 0.872 bits per heavy atom. The highest BCUT2D eigenvalue weighted by Gasteiger charge is 2.53. The molecule has 2 amide bonds. The maximum Gasteiger partial charge on any atom is 0.277 e. The van der Waals surface area contributed by atoms with Gasteiger partial charge in [0.2, 0.25) is 11.8 Å². The van der Waals surface area contributed by atoms with Crippen molar-refractivity contribution in [2.45, 2.75) is 113 Å². The first-order valence-electron chi connectivity index (χ1n) is 15.0. The van der Waals surface area contributed by atoms with Crippen LogP contribution in [0.1, 0.15) is 35.9 Å². The minimum atomic E-state index is -1.97. The van der Waals surface area contributed by atoms with Gasteiger partial charge in [0.15, 0.2) is 6.29 Å². The molecule has 0 aromatic carbocycles. The fraction of sp³-hybridized carbons (Fsp3) is 0.714. The third-order valence-corrected chi connectivity index (χ3v) is 9.87. The van der Waals surface area contributed by atoms with Crippen LogP contribution in [0.25, 0.3) is 0 Å². The van der Waals surface area contributed by atoms with Gasteiger partial charge in [-0.3, -0.25) is 23.7 Å². The first-order valence-corrected chi connectivity index (χ1v) is 16.1. The predicted molar refractivity (Wildman–Crippen MR) is 162 cm³/mol. The number of ether oxygens (including phenoxy) is 2. The number of carbonyl (C=O) groups excluding carboxylic acids is 2. The van der Waals surface area contributed by atoms with Gasteiger partial charge in [0.25, 0.3) is 11.1 Å². The highest BCUT2D eigenvalue weighted by molar-refractivity contribution is 7.98. The number of carbonyl (C=O) groups is 2. The van der Waals surface area contributed by atoms with Gasteiger partial charge in [-0.15, -0.1) is 0 Å². The van der Waals surface area contributed by atoms with Crippen molar-refractivity contribution in [3.8, 4) is 0 Å². The Labute approximate surface area is 271 Å². The molecule has 2 aromatic heterocycles. The molecular weight excluding hydrogens is 648 g/mol. The Balaban J connectivity index is 1.56. The molecule has 1 saturated heterocycles. The normalized spacial score (nSPS) is 33.6. The molecular formula is C28H42N4O14S. The molecule has 2 aliphatic rings. The Hall–Kier alpha value is -2.69. The average molecular weight is 691 g/mol. The second kappa shape index (κ2) is 14.8. The molecule has 264 valence electrons. The van der Waals surface area contributed by atoms with Crippen molar-refractivity contribution in [2.24, 2.45) is 0 Å². The molecule has 0 spiro atoms. The van der Waals surface area contributed by atoms with Gasteiger partial charge in [-0.1, -0.05) is 6.92 Å². The molecule has 1 saturated carbocycles. The second-order valence-electron chi connectivity index (χ2n) is 11.8. The highest BCUT2D eigenvalue weighted by Crippen LogP contribution is 2.29. The van der Waals surface area contributed by atoms with Crippen LogP contribution < -0.4 is 21.8 Å². The van der Waals surface area contributed by atoms with E-state index in [9.17, 15) is 60.0 Å². The summed E-state index contributed by atoms with van der Waals surface area (Å²) in [4.78, 5) is 51.3. The Morgan fingerprint density at radius 2 is 1.45 bits per heavy atom. The van der Waals surface area contributed by atoms with E-state index in [0.717, 1.165) is 16.3 Å². The summed E-state index contributed by atoms with van der Waals surface area (Å²) >= 11 is 1.16. The molecule has 1 aliphatic heterocycles. The van der Waals surface area contributed by atoms with Crippen LogP contribution in [0.4, 0.5) is 0 Å². The molecule has 10 N–H and O–H groups in total. The number of thioether (sulfide) groups is 1. The molecule has 2 fully saturated rings. The number of aliphatic hydroxyl groups excluding tert-OH is 8. The van der Waals surface area contributed by atoms with Crippen molar-refractivity contribution < 1.29 is 59.9 Å². The first kappa shape index (κ1) is 37.1. The third kappa shape index (κ3) is 6.92. The summed E-state index contributed by atoms with van der Waals surface area (Å²) in [5, 5.41) is 87.2. The first-order chi connectivity index (χ1) is 22.1. The SMILES string of the molecule is CCC(=O)N[C@@H](CSCc1c(C)c(=O)n2c(=O)c(C)c(C)n12)C(=O)N[C@H]1[C@H](OC2[C@H](O)[C@H](O)C(O)[C@H](O)[C@H]2O)O[C@@H](CO)[C@@H](O)[C@@H]1O. The number of fused-ring (bicyclic) bond motifs is 1. The molecule has 2 aromatic rings. The molecule has 0 bridgehead atoms. The van der Waals surface area contributed by atoms with E-state index in [0.29, 0.717) is 22.5 Å². The van der Waals surface area contributed by atoms with Gasteiger partial charge in [-0.05, 0) is 20.8 Å². The van der Waals surface area contributed by atoms with Gasteiger partial charge in [0, 0.05) is 34.7 Å². The molecule has 1 aliphatic carbocycles. The van der Waals surface area contributed by atoms with Crippen LogP contribution in [-0.2, 0) is 24.8 Å². The van der Waals surface area contributed by atoms with Crippen LogP contribution in [0.3, 0.4) is 0 Å². The Bertz CT molecular complexity index is 1540. The van der Waals surface area contributed by atoms with E-state index in [2.05, 4.69) is 10.6 Å². The van der Waals surface area contributed by atoms with Crippen molar-refractivity contribution in [3.63, 3.8) is 0 Å². The molecule has 19 heteroatoms. The maximum atomic E-state index is 13.6. The van der Waals surface area contributed by atoms with Crippen molar-refractivity contribution in [1.29, 1.82) is 0 Å². The number of amides is 2. The van der Waals surface area contributed by atoms with Crippen LogP contribution >= 0.6 is 11.8 Å². The summed E-state index contributed by atoms with van der Waals surface area (Å²) < 4.78 is 13.7. The summed E-state index contributed by atoms with van der Waals surface area (Å²) in [6.45, 7) is 5.61.